The van der Waals surface area contributed by atoms with Gasteiger partial charge in [0, 0.05) is 21.5 Å². The first-order chi connectivity index (χ1) is 15.3. The largest absolute Gasteiger partial charge is 0.497 e. The van der Waals surface area contributed by atoms with E-state index < -0.39 is 0 Å². The molecule has 1 saturated heterocycles. The van der Waals surface area contributed by atoms with Crippen molar-refractivity contribution in [2.75, 3.05) is 7.11 Å². The van der Waals surface area contributed by atoms with Crippen molar-refractivity contribution in [1.29, 1.82) is 0 Å². The lowest BCUT2D eigenvalue weighted by molar-refractivity contribution is -0.115. The third-order valence-electron chi connectivity index (χ3n) is 5.39. The average Bonchev–Trinajstić information content (AvgIpc) is 3.24. The number of hydrogen-bond acceptors (Lipinski definition) is 4. The van der Waals surface area contributed by atoms with E-state index in [9.17, 15) is 4.79 Å². The molecule has 2 heterocycles. The van der Waals surface area contributed by atoms with Crippen LogP contribution in [0.1, 0.15) is 28.1 Å². The lowest BCUT2D eigenvalue weighted by Crippen LogP contribution is -2.19. The number of amidine groups is 1. The summed E-state index contributed by atoms with van der Waals surface area (Å²) in [5, 5.41) is 3.47. The molecule has 0 saturated carbocycles. The van der Waals surface area contributed by atoms with Gasteiger partial charge < -0.3 is 14.6 Å². The molecule has 1 aliphatic rings. The van der Waals surface area contributed by atoms with Crippen molar-refractivity contribution in [2.45, 2.75) is 27.7 Å². The number of hydrogen-bond donors (Lipinski definition) is 1. The molecular weight excluding hydrogens is 486 g/mol. The highest BCUT2D eigenvalue weighted by Crippen LogP contribution is 2.32. The smallest absolute Gasteiger partial charge is 0.264 e. The van der Waals surface area contributed by atoms with E-state index in [0.717, 1.165) is 49.7 Å². The third-order valence-corrected chi connectivity index (χ3v) is 7.55. The Balaban J connectivity index is 1.63. The van der Waals surface area contributed by atoms with Crippen LogP contribution in [0, 0.1) is 27.7 Å². The predicted molar refractivity (Wildman–Crippen MR) is 136 cm³/mol. The van der Waals surface area contributed by atoms with Gasteiger partial charge in [-0.1, -0.05) is 15.9 Å². The number of aromatic nitrogens is 1. The van der Waals surface area contributed by atoms with Gasteiger partial charge in [0.15, 0.2) is 5.17 Å². The molecule has 0 unspecified atom stereocenters. The average molecular weight is 510 g/mol. The zero-order valence-corrected chi connectivity index (χ0v) is 21.0. The number of methoxy groups -OCH3 is 1. The van der Waals surface area contributed by atoms with Crippen molar-refractivity contribution in [1.82, 2.24) is 9.88 Å². The molecule has 1 fully saturated rings. The van der Waals surface area contributed by atoms with E-state index >= 15 is 0 Å². The van der Waals surface area contributed by atoms with E-state index in [2.05, 4.69) is 50.7 Å². The molecule has 0 radical (unpaired) electrons. The van der Waals surface area contributed by atoms with Crippen LogP contribution in [0.15, 0.2) is 56.8 Å². The van der Waals surface area contributed by atoms with Crippen LogP contribution in [-0.4, -0.2) is 22.8 Å². The minimum atomic E-state index is -0.131. The maximum Gasteiger partial charge on any atom is 0.264 e. The van der Waals surface area contributed by atoms with Crippen molar-refractivity contribution in [2.24, 2.45) is 4.99 Å². The van der Waals surface area contributed by atoms with Gasteiger partial charge in [-0.05, 0) is 105 Å². The first kappa shape index (κ1) is 22.4. The number of nitrogens with one attached hydrogen (secondary N) is 1. The number of benzene rings is 2. The van der Waals surface area contributed by atoms with Crippen LogP contribution in [0.5, 0.6) is 5.75 Å². The van der Waals surface area contributed by atoms with Gasteiger partial charge in [0.05, 0.1) is 17.7 Å². The molecule has 164 valence electrons. The summed E-state index contributed by atoms with van der Waals surface area (Å²) in [7, 11) is 1.66. The quantitative estimate of drug-likeness (QED) is 0.415. The number of thioether (sulfide) groups is 1. The van der Waals surface area contributed by atoms with Gasteiger partial charge in [-0.15, -0.1) is 0 Å². The Morgan fingerprint density at radius 1 is 1.06 bits per heavy atom. The van der Waals surface area contributed by atoms with E-state index in [-0.39, 0.29) is 5.91 Å². The predicted octanol–water partition coefficient (Wildman–Crippen LogP) is 6.37. The molecule has 1 aliphatic heterocycles. The molecule has 1 amide bonds. The molecular formula is C25H24BrN3O2S. The molecule has 7 heteroatoms. The standard InChI is InChI=1S/C25H24BrN3O2S/c1-14-10-19(11-15(2)23(14)26)27-25-28-24(30)22(32-25)13-18-12-16(3)29(17(18)4)20-6-8-21(31-5)9-7-20/h6-13H,1-5H3,(H,27,28,30)/b22-13-. The fraction of sp³-hybridized carbons (Fsp3) is 0.200. The minimum Gasteiger partial charge on any atom is -0.497 e. The van der Waals surface area contributed by atoms with Crippen LogP contribution in [0.2, 0.25) is 0 Å². The molecule has 0 spiro atoms. The topological polar surface area (TPSA) is 55.6 Å². The molecule has 5 nitrogen and oxygen atoms in total. The summed E-state index contributed by atoms with van der Waals surface area (Å²) < 4.78 is 8.52. The highest BCUT2D eigenvalue weighted by atomic mass is 79.9. The van der Waals surface area contributed by atoms with Crippen LogP contribution >= 0.6 is 27.7 Å². The monoisotopic (exact) mass is 509 g/mol. The van der Waals surface area contributed by atoms with Crippen LogP contribution in [0.25, 0.3) is 11.8 Å². The summed E-state index contributed by atoms with van der Waals surface area (Å²) in [4.78, 5) is 17.9. The number of aryl methyl sites for hydroxylation is 3. The number of carbonyl (C=O) groups excluding carboxylic acids is 1. The van der Waals surface area contributed by atoms with Gasteiger partial charge in [-0.3, -0.25) is 4.79 Å². The van der Waals surface area contributed by atoms with Gasteiger partial charge in [-0.25, -0.2) is 4.99 Å². The van der Waals surface area contributed by atoms with Gasteiger partial charge in [0.2, 0.25) is 0 Å². The van der Waals surface area contributed by atoms with Gasteiger partial charge in [0.1, 0.15) is 5.75 Å². The first-order valence-corrected chi connectivity index (χ1v) is 11.8. The summed E-state index contributed by atoms with van der Waals surface area (Å²) in [6.07, 6.45) is 1.93. The van der Waals surface area contributed by atoms with Crippen molar-refractivity contribution in [3.05, 3.63) is 79.9 Å². The zero-order valence-electron chi connectivity index (χ0n) is 18.6. The number of carbonyl (C=O) groups is 1. The summed E-state index contributed by atoms with van der Waals surface area (Å²) in [6.45, 7) is 8.19. The van der Waals surface area contributed by atoms with Crippen molar-refractivity contribution >= 4 is 50.5 Å². The van der Waals surface area contributed by atoms with E-state index in [1.165, 1.54) is 11.8 Å². The van der Waals surface area contributed by atoms with Gasteiger partial charge >= 0.3 is 0 Å². The summed E-state index contributed by atoms with van der Waals surface area (Å²) in [5.74, 6) is 0.689. The van der Waals surface area contributed by atoms with Crippen LogP contribution in [0.4, 0.5) is 5.69 Å². The second-order valence-electron chi connectivity index (χ2n) is 7.74. The Hall–Kier alpha value is -2.77. The molecule has 4 rings (SSSR count). The highest BCUT2D eigenvalue weighted by molar-refractivity contribution is 9.10. The first-order valence-electron chi connectivity index (χ1n) is 10.2. The lowest BCUT2D eigenvalue weighted by atomic mass is 10.1. The lowest BCUT2D eigenvalue weighted by Gasteiger charge is -2.10. The summed E-state index contributed by atoms with van der Waals surface area (Å²) in [5.41, 5.74) is 7.27. The van der Waals surface area contributed by atoms with E-state index in [1.54, 1.807) is 7.11 Å². The molecule has 2 aromatic carbocycles. The Kier molecular flexibility index (Phi) is 6.31. The molecule has 32 heavy (non-hydrogen) atoms. The molecule has 1 N–H and O–H groups in total. The second-order valence-corrected chi connectivity index (χ2v) is 9.56. The fourth-order valence-corrected chi connectivity index (χ4v) is 4.85. The molecule has 1 aromatic heterocycles. The number of nitrogens with zero attached hydrogens (tertiary/aromatic N) is 2. The van der Waals surface area contributed by atoms with Gasteiger partial charge in [0.25, 0.3) is 5.91 Å². The number of aliphatic imine (C=N–C) groups is 1. The molecule has 0 bridgehead atoms. The van der Waals surface area contributed by atoms with E-state index in [4.69, 9.17) is 4.74 Å². The number of rotatable bonds is 4. The number of ether oxygens (including phenoxy) is 1. The maximum absolute atomic E-state index is 12.6. The molecule has 0 aliphatic carbocycles. The number of amides is 1. The van der Waals surface area contributed by atoms with E-state index in [1.807, 2.05) is 56.3 Å². The Bertz CT molecular complexity index is 1250. The van der Waals surface area contributed by atoms with Crippen molar-refractivity contribution in [3.8, 4) is 11.4 Å². The Morgan fingerprint density at radius 2 is 1.72 bits per heavy atom. The SMILES string of the molecule is COc1ccc(-n2c(C)cc(/C=C3\SC(=Nc4cc(C)c(Br)c(C)c4)NC3=O)c2C)cc1. The summed E-state index contributed by atoms with van der Waals surface area (Å²) in [6, 6.07) is 14.0. The zero-order chi connectivity index (χ0) is 23.0. The Labute approximate surface area is 200 Å². The Morgan fingerprint density at radius 3 is 2.34 bits per heavy atom. The van der Waals surface area contributed by atoms with Crippen molar-refractivity contribution in [3.63, 3.8) is 0 Å². The van der Waals surface area contributed by atoms with Crippen molar-refractivity contribution < 1.29 is 9.53 Å². The minimum absolute atomic E-state index is 0.131. The van der Waals surface area contributed by atoms with Gasteiger partial charge in [-0.2, -0.15) is 0 Å². The summed E-state index contributed by atoms with van der Waals surface area (Å²) >= 11 is 4.94. The molecule has 3 aromatic rings. The van der Waals surface area contributed by atoms with Crippen LogP contribution in [-0.2, 0) is 4.79 Å². The number of halogens is 1. The third kappa shape index (κ3) is 4.40. The molecule has 0 atom stereocenters. The normalized spacial score (nSPS) is 16.1. The van der Waals surface area contributed by atoms with Crippen LogP contribution in [0.3, 0.4) is 0 Å². The van der Waals surface area contributed by atoms with E-state index in [0.29, 0.717) is 10.1 Å². The maximum atomic E-state index is 12.6. The highest BCUT2D eigenvalue weighted by Gasteiger charge is 2.24. The fourth-order valence-electron chi connectivity index (χ4n) is 3.79. The second kappa shape index (κ2) is 9.00. The van der Waals surface area contributed by atoms with Crippen LogP contribution < -0.4 is 10.1 Å².